The Balaban J connectivity index is 2.43. The summed E-state index contributed by atoms with van der Waals surface area (Å²) in [5, 5.41) is 2.92. The molecule has 0 unspecified atom stereocenters. The van der Waals surface area contributed by atoms with Crippen LogP contribution in [-0.4, -0.2) is 26.2 Å². The van der Waals surface area contributed by atoms with Crippen LogP contribution in [0, 0.1) is 0 Å². The Bertz CT molecular complexity index is 360. The highest BCUT2D eigenvalue weighted by molar-refractivity contribution is 5.77. The van der Waals surface area contributed by atoms with E-state index in [4.69, 9.17) is 4.74 Å². The first-order chi connectivity index (χ1) is 8.56. The van der Waals surface area contributed by atoms with Crippen molar-refractivity contribution in [3.8, 4) is 0 Å². The Labute approximate surface area is 110 Å². The normalized spacial score (nSPS) is 11.3. The van der Waals surface area contributed by atoms with Crippen LogP contribution in [0.2, 0.25) is 0 Å². The Kier molecular flexibility index (Phi) is 5.86. The summed E-state index contributed by atoms with van der Waals surface area (Å²) < 4.78 is 4.94. The van der Waals surface area contributed by atoms with Gasteiger partial charge in [0.1, 0.15) is 0 Å². The first-order valence-corrected chi connectivity index (χ1v) is 6.37. The third-order valence-corrected chi connectivity index (χ3v) is 3.01. The fourth-order valence-electron chi connectivity index (χ4n) is 1.90. The van der Waals surface area contributed by atoms with Crippen LogP contribution in [-0.2, 0) is 14.9 Å². The second-order valence-corrected chi connectivity index (χ2v) is 5.12. The third kappa shape index (κ3) is 4.88. The maximum absolute atomic E-state index is 11.8. The summed E-state index contributed by atoms with van der Waals surface area (Å²) in [6, 6.07) is 10.1. The molecule has 0 aliphatic carbocycles. The van der Waals surface area contributed by atoms with E-state index in [9.17, 15) is 4.79 Å². The number of nitrogens with one attached hydrogen (secondary N) is 1. The maximum atomic E-state index is 11.8. The highest BCUT2D eigenvalue weighted by Crippen LogP contribution is 2.26. The number of ether oxygens (including phenoxy) is 1. The molecule has 3 heteroatoms. The molecule has 1 amide bonds. The molecule has 0 atom stereocenters. The maximum Gasteiger partial charge on any atom is 0.220 e. The minimum absolute atomic E-state index is 0.0972. The molecule has 0 aromatic heterocycles. The summed E-state index contributed by atoms with van der Waals surface area (Å²) in [6.07, 6.45) is 1.36. The zero-order valence-corrected chi connectivity index (χ0v) is 11.5. The number of carbonyl (C=O) groups is 1. The Morgan fingerprint density at radius 2 is 1.94 bits per heavy atom. The van der Waals surface area contributed by atoms with Crippen LogP contribution in [0.5, 0.6) is 0 Å². The Hall–Kier alpha value is -1.35. The van der Waals surface area contributed by atoms with Crippen molar-refractivity contribution in [2.45, 2.75) is 32.1 Å². The van der Waals surface area contributed by atoms with Gasteiger partial charge in [-0.15, -0.1) is 0 Å². The monoisotopic (exact) mass is 249 g/mol. The quantitative estimate of drug-likeness (QED) is 0.754. The predicted octanol–water partition coefficient (Wildman–Crippen LogP) is 2.51. The van der Waals surface area contributed by atoms with Crippen LogP contribution in [0.15, 0.2) is 30.3 Å². The van der Waals surface area contributed by atoms with Crippen molar-refractivity contribution in [3.63, 3.8) is 0 Å². The van der Waals surface area contributed by atoms with Gasteiger partial charge in [0.2, 0.25) is 5.91 Å². The highest BCUT2D eigenvalue weighted by Gasteiger charge is 2.23. The molecule has 1 aromatic rings. The molecule has 0 radical (unpaired) electrons. The lowest BCUT2D eigenvalue weighted by Gasteiger charge is -2.24. The fraction of sp³-hybridized carbons (Fsp3) is 0.533. The van der Waals surface area contributed by atoms with E-state index >= 15 is 0 Å². The number of benzene rings is 1. The van der Waals surface area contributed by atoms with Crippen molar-refractivity contribution in [1.82, 2.24) is 5.32 Å². The average Bonchev–Trinajstić information content (AvgIpc) is 2.35. The first-order valence-electron chi connectivity index (χ1n) is 6.37. The molecule has 0 fully saturated rings. The van der Waals surface area contributed by atoms with Crippen LogP contribution in [0.4, 0.5) is 0 Å². The lowest BCUT2D eigenvalue weighted by molar-refractivity contribution is -0.122. The van der Waals surface area contributed by atoms with Crippen LogP contribution >= 0.6 is 0 Å². The molecule has 0 bridgehead atoms. The van der Waals surface area contributed by atoms with Crippen molar-refractivity contribution >= 4 is 5.91 Å². The van der Waals surface area contributed by atoms with E-state index in [0.717, 1.165) is 6.42 Å². The largest absolute Gasteiger partial charge is 0.385 e. The van der Waals surface area contributed by atoms with Crippen LogP contribution < -0.4 is 5.32 Å². The lowest BCUT2D eigenvalue weighted by atomic mass is 9.81. The van der Waals surface area contributed by atoms with Gasteiger partial charge in [0.25, 0.3) is 0 Å². The number of carbonyl (C=O) groups excluding carboxylic acids is 1. The van der Waals surface area contributed by atoms with E-state index in [0.29, 0.717) is 19.6 Å². The molecule has 3 nitrogen and oxygen atoms in total. The van der Waals surface area contributed by atoms with Crippen LogP contribution in [0.1, 0.15) is 32.3 Å². The molecule has 0 heterocycles. The molecule has 100 valence electrons. The first kappa shape index (κ1) is 14.7. The van der Waals surface area contributed by atoms with Gasteiger partial charge in [0, 0.05) is 26.7 Å². The summed E-state index contributed by atoms with van der Waals surface area (Å²) in [5.41, 5.74) is 1.06. The highest BCUT2D eigenvalue weighted by atomic mass is 16.5. The van der Waals surface area contributed by atoms with Crippen LogP contribution in [0.25, 0.3) is 0 Å². The van der Waals surface area contributed by atoms with Gasteiger partial charge in [-0.25, -0.2) is 0 Å². The molecular formula is C15H23NO2. The molecular weight excluding hydrogens is 226 g/mol. The summed E-state index contributed by atoms with van der Waals surface area (Å²) >= 11 is 0. The van der Waals surface area contributed by atoms with E-state index < -0.39 is 0 Å². The van der Waals surface area contributed by atoms with E-state index in [1.165, 1.54) is 5.56 Å². The van der Waals surface area contributed by atoms with Crippen molar-refractivity contribution < 1.29 is 9.53 Å². The number of hydrogen-bond donors (Lipinski definition) is 1. The summed E-state index contributed by atoms with van der Waals surface area (Å²) in [6.45, 7) is 5.55. The van der Waals surface area contributed by atoms with E-state index in [1.54, 1.807) is 7.11 Å². The number of hydrogen-bond acceptors (Lipinski definition) is 2. The number of methoxy groups -OCH3 is 1. The van der Waals surface area contributed by atoms with E-state index in [-0.39, 0.29) is 11.3 Å². The standard InChI is InChI=1S/C15H23NO2/c1-15(2,13-8-5-4-6-9-13)12-14(17)16-10-7-11-18-3/h4-6,8-9H,7,10-12H2,1-3H3,(H,16,17). The van der Waals surface area contributed by atoms with Gasteiger partial charge < -0.3 is 10.1 Å². The molecule has 0 saturated carbocycles. The SMILES string of the molecule is COCCCNC(=O)CC(C)(C)c1ccccc1. The van der Waals surface area contributed by atoms with Gasteiger partial charge in [0.15, 0.2) is 0 Å². The van der Waals surface area contributed by atoms with Crippen molar-refractivity contribution in [1.29, 1.82) is 0 Å². The average molecular weight is 249 g/mol. The summed E-state index contributed by atoms with van der Waals surface area (Å²) in [5.74, 6) is 0.0972. The van der Waals surface area contributed by atoms with Gasteiger partial charge in [0.05, 0.1) is 0 Å². The molecule has 1 aromatic carbocycles. The number of amides is 1. The minimum Gasteiger partial charge on any atom is -0.385 e. The van der Waals surface area contributed by atoms with Crippen molar-refractivity contribution in [2.75, 3.05) is 20.3 Å². The fourth-order valence-corrected chi connectivity index (χ4v) is 1.90. The molecule has 0 aliphatic rings. The van der Waals surface area contributed by atoms with Crippen molar-refractivity contribution in [3.05, 3.63) is 35.9 Å². The molecule has 1 rings (SSSR count). The summed E-state index contributed by atoms with van der Waals surface area (Å²) in [4.78, 5) is 11.8. The predicted molar refractivity (Wildman–Crippen MR) is 73.6 cm³/mol. The zero-order chi connectivity index (χ0) is 13.4. The van der Waals surface area contributed by atoms with Gasteiger partial charge >= 0.3 is 0 Å². The van der Waals surface area contributed by atoms with Crippen molar-refractivity contribution in [2.24, 2.45) is 0 Å². The second kappa shape index (κ2) is 7.17. The topological polar surface area (TPSA) is 38.3 Å². The molecule has 0 aliphatic heterocycles. The molecule has 0 saturated heterocycles. The smallest absolute Gasteiger partial charge is 0.220 e. The number of rotatable bonds is 7. The molecule has 0 spiro atoms. The van der Waals surface area contributed by atoms with E-state index in [2.05, 4.69) is 31.3 Å². The molecule has 18 heavy (non-hydrogen) atoms. The second-order valence-electron chi connectivity index (χ2n) is 5.12. The zero-order valence-electron chi connectivity index (χ0n) is 11.5. The third-order valence-electron chi connectivity index (χ3n) is 3.01. The van der Waals surface area contributed by atoms with Gasteiger partial charge in [-0.3, -0.25) is 4.79 Å². The lowest BCUT2D eigenvalue weighted by Crippen LogP contribution is -2.31. The van der Waals surface area contributed by atoms with Gasteiger partial charge in [-0.1, -0.05) is 44.2 Å². The summed E-state index contributed by atoms with van der Waals surface area (Å²) in [7, 11) is 1.67. The molecule has 1 N–H and O–H groups in total. The Morgan fingerprint density at radius 3 is 2.56 bits per heavy atom. The van der Waals surface area contributed by atoms with Gasteiger partial charge in [-0.05, 0) is 17.4 Å². The van der Waals surface area contributed by atoms with Crippen LogP contribution in [0.3, 0.4) is 0 Å². The minimum atomic E-state index is -0.132. The Morgan fingerprint density at radius 1 is 1.28 bits per heavy atom. The van der Waals surface area contributed by atoms with Gasteiger partial charge in [-0.2, -0.15) is 0 Å². The van der Waals surface area contributed by atoms with E-state index in [1.807, 2.05) is 18.2 Å².